The molecule has 1 aliphatic rings. The van der Waals surface area contributed by atoms with E-state index in [-0.39, 0.29) is 23.2 Å². The number of amides is 2. The predicted molar refractivity (Wildman–Crippen MR) is 67.9 cm³/mol. The lowest BCUT2D eigenvalue weighted by Gasteiger charge is -2.22. The van der Waals surface area contributed by atoms with Crippen LogP contribution in [0.3, 0.4) is 0 Å². The number of hydrogen-bond acceptors (Lipinski definition) is 4. The van der Waals surface area contributed by atoms with Crippen LogP contribution in [0.25, 0.3) is 0 Å². The molecule has 2 amide bonds. The summed E-state index contributed by atoms with van der Waals surface area (Å²) in [4.78, 5) is 24.5. The highest BCUT2D eigenvalue weighted by Gasteiger charge is 2.22. The van der Waals surface area contributed by atoms with Crippen LogP contribution >= 0.6 is 11.8 Å². The molecule has 0 aromatic heterocycles. The number of carbonyl (C=O) groups excluding carboxylic acids is 2. The molecule has 5 nitrogen and oxygen atoms in total. The lowest BCUT2D eigenvalue weighted by Crippen LogP contribution is -2.37. The Bertz CT molecular complexity index is 294. The van der Waals surface area contributed by atoms with Gasteiger partial charge in [0.1, 0.15) is 0 Å². The second kappa shape index (κ2) is 6.26. The third kappa shape index (κ3) is 4.95. The molecule has 1 fully saturated rings. The first-order valence-electron chi connectivity index (χ1n) is 5.74. The molecular formula is C11H20N2O3S. The molecule has 1 rings (SSSR count). The number of nitrogens with one attached hydrogen (secondary N) is 1. The van der Waals surface area contributed by atoms with E-state index in [1.54, 1.807) is 4.90 Å². The van der Waals surface area contributed by atoms with E-state index < -0.39 is 0 Å². The molecule has 1 heterocycles. The summed E-state index contributed by atoms with van der Waals surface area (Å²) in [7, 11) is 0. The van der Waals surface area contributed by atoms with Gasteiger partial charge in [-0.05, 0) is 0 Å². The van der Waals surface area contributed by atoms with Crippen LogP contribution in [0, 0.1) is 5.41 Å². The lowest BCUT2D eigenvalue weighted by molar-refractivity contribution is -0.121. The summed E-state index contributed by atoms with van der Waals surface area (Å²) < 4.78 is 0. The van der Waals surface area contributed by atoms with Crippen molar-refractivity contribution < 1.29 is 14.7 Å². The molecule has 2 N–H and O–H groups in total. The normalized spacial score (nSPS) is 16.4. The Morgan fingerprint density at radius 3 is 2.82 bits per heavy atom. The Morgan fingerprint density at radius 2 is 2.29 bits per heavy atom. The molecule has 1 aliphatic heterocycles. The number of aliphatic hydroxyl groups excluding tert-OH is 1. The second-order valence-electron chi connectivity index (χ2n) is 4.95. The third-order valence-corrected chi connectivity index (χ3v) is 3.54. The summed E-state index contributed by atoms with van der Waals surface area (Å²) in [6.07, 6.45) is 0.327. The number of hydrogen-bond donors (Lipinski definition) is 2. The Labute approximate surface area is 106 Å². The van der Waals surface area contributed by atoms with E-state index in [1.165, 1.54) is 11.8 Å². The molecule has 0 saturated carbocycles. The molecule has 0 spiro atoms. The number of nitrogens with zero attached hydrogens (tertiary/aromatic N) is 1. The zero-order valence-corrected chi connectivity index (χ0v) is 11.2. The largest absolute Gasteiger partial charge is 0.396 e. The van der Waals surface area contributed by atoms with Crippen molar-refractivity contribution in [3.8, 4) is 0 Å². The van der Waals surface area contributed by atoms with Crippen LogP contribution in [-0.2, 0) is 4.79 Å². The van der Waals surface area contributed by atoms with Crippen LogP contribution in [0.2, 0.25) is 0 Å². The minimum Gasteiger partial charge on any atom is -0.396 e. The van der Waals surface area contributed by atoms with E-state index in [0.29, 0.717) is 19.5 Å². The van der Waals surface area contributed by atoms with Gasteiger partial charge >= 0.3 is 0 Å². The maximum absolute atomic E-state index is 11.5. The first kappa shape index (κ1) is 14.3. The van der Waals surface area contributed by atoms with Crippen molar-refractivity contribution in [3.63, 3.8) is 0 Å². The number of aliphatic hydroxyl groups is 1. The Morgan fingerprint density at radius 1 is 1.59 bits per heavy atom. The monoisotopic (exact) mass is 260 g/mol. The first-order chi connectivity index (χ1) is 7.94. The van der Waals surface area contributed by atoms with E-state index >= 15 is 0 Å². The summed E-state index contributed by atoms with van der Waals surface area (Å²) in [6, 6.07) is 0. The van der Waals surface area contributed by atoms with Crippen LogP contribution in [0.15, 0.2) is 0 Å². The highest BCUT2D eigenvalue weighted by molar-refractivity contribution is 8.13. The lowest BCUT2D eigenvalue weighted by atomic mass is 9.95. The van der Waals surface area contributed by atoms with Gasteiger partial charge in [-0.2, -0.15) is 0 Å². The van der Waals surface area contributed by atoms with Crippen molar-refractivity contribution in [1.82, 2.24) is 10.2 Å². The molecule has 0 bridgehead atoms. The molecule has 17 heavy (non-hydrogen) atoms. The molecule has 0 unspecified atom stereocenters. The Hall–Kier alpha value is -0.750. The summed E-state index contributed by atoms with van der Waals surface area (Å²) in [5.74, 6) is 0.745. The first-order valence-corrected chi connectivity index (χ1v) is 6.72. The molecule has 6 heteroatoms. The van der Waals surface area contributed by atoms with E-state index in [2.05, 4.69) is 5.32 Å². The van der Waals surface area contributed by atoms with Crippen LogP contribution in [0.5, 0.6) is 0 Å². The van der Waals surface area contributed by atoms with Crippen molar-refractivity contribution in [2.75, 3.05) is 32.0 Å². The smallest absolute Gasteiger partial charge is 0.281 e. The quantitative estimate of drug-likeness (QED) is 0.737. The third-order valence-electron chi connectivity index (χ3n) is 2.65. The highest BCUT2D eigenvalue weighted by Crippen LogP contribution is 2.17. The van der Waals surface area contributed by atoms with Gasteiger partial charge in [-0.15, -0.1) is 0 Å². The van der Waals surface area contributed by atoms with Gasteiger partial charge in [0.25, 0.3) is 5.24 Å². The van der Waals surface area contributed by atoms with Gasteiger partial charge in [-0.1, -0.05) is 25.6 Å². The highest BCUT2D eigenvalue weighted by atomic mass is 32.2. The SMILES string of the molecule is CC(C)(CO)CNC(=O)CCN1CCSC1=O. The van der Waals surface area contributed by atoms with Crippen molar-refractivity contribution in [1.29, 1.82) is 0 Å². The molecule has 98 valence electrons. The fourth-order valence-electron chi connectivity index (χ4n) is 1.35. The topological polar surface area (TPSA) is 69.6 Å². The standard InChI is InChI=1S/C11H20N2O3S/c1-11(2,8-14)7-12-9(15)3-4-13-5-6-17-10(13)16/h14H,3-8H2,1-2H3,(H,12,15). The van der Waals surface area contributed by atoms with Gasteiger partial charge in [0.2, 0.25) is 5.91 Å². The number of rotatable bonds is 6. The van der Waals surface area contributed by atoms with Crippen LogP contribution in [0.1, 0.15) is 20.3 Å². The zero-order valence-electron chi connectivity index (χ0n) is 10.4. The van der Waals surface area contributed by atoms with E-state index in [4.69, 9.17) is 5.11 Å². The van der Waals surface area contributed by atoms with Gasteiger partial charge < -0.3 is 15.3 Å². The predicted octanol–water partition coefficient (Wildman–Crippen LogP) is 0.680. The minimum absolute atomic E-state index is 0.0362. The average Bonchev–Trinajstić information content (AvgIpc) is 2.70. The minimum atomic E-state index is -0.297. The fourth-order valence-corrected chi connectivity index (χ4v) is 2.20. The van der Waals surface area contributed by atoms with Crippen molar-refractivity contribution in [3.05, 3.63) is 0 Å². The second-order valence-corrected chi connectivity index (χ2v) is 6.00. The zero-order chi connectivity index (χ0) is 12.9. The van der Waals surface area contributed by atoms with E-state index in [9.17, 15) is 9.59 Å². The van der Waals surface area contributed by atoms with Gasteiger partial charge in [-0.3, -0.25) is 9.59 Å². The van der Waals surface area contributed by atoms with Crippen LogP contribution in [-0.4, -0.2) is 53.1 Å². The molecule has 0 aliphatic carbocycles. The Kier molecular flexibility index (Phi) is 5.27. The van der Waals surface area contributed by atoms with Crippen LogP contribution in [0.4, 0.5) is 4.79 Å². The van der Waals surface area contributed by atoms with E-state index in [0.717, 1.165) is 12.3 Å². The van der Waals surface area contributed by atoms with E-state index in [1.807, 2.05) is 13.8 Å². The van der Waals surface area contributed by atoms with Crippen molar-refractivity contribution >= 4 is 22.9 Å². The molecule has 0 aromatic carbocycles. The summed E-state index contributed by atoms with van der Waals surface area (Å²) >= 11 is 1.30. The maximum Gasteiger partial charge on any atom is 0.281 e. The Balaban J connectivity index is 2.19. The number of thioether (sulfide) groups is 1. The van der Waals surface area contributed by atoms with Crippen LogP contribution < -0.4 is 5.32 Å². The van der Waals surface area contributed by atoms with Crippen molar-refractivity contribution in [2.24, 2.45) is 5.41 Å². The van der Waals surface area contributed by atoms with Gasteiger partial charge in [0, 0.05) is 43.8 Å². The summed E-state index contributed by atoms with van der Waals surface area (Å²) in [5.41, 5.74) is -0.297. The van der Waals surface area contributed by atoms with Gasteiger partial charge in [0.05, 0.1) is 0 Å². The summed E-state index contributed by atoms with van der Waals surface area (Å²) in [6.45, 7) is 5.47. The fraction of sp³-hybridized carbons (Fsp3) is 0.818. The summed E-state index contributed by atoms with van der Waals surface area (Å²) in [5, 5.41) is 11.9. The molecule has 0 aromatic rings. The van der Waals surface area contributed by atoms with Gasteiger partial charge in [-0.25, -0.2) is 0 Å². The molecule has 0 atom stereocenters. The molecule has 1 saturated heterocycles. The molecular weight excluding hydrogens is 240 g/mol. The number of carbonyl (C=O) groups is 2. The van der Waals surface area contributed by atoms with Gasteiger partial charge in [0.15, 0.2) is 0 Å². The maximum atomic E-state index is 11.5. The average molecular weight is 260 g/mol. The van der Waals surface area contributed by atoms with Crippen molar-refractivity contribution in [2.45, 2.75) is 20.3 Å². The molecule has 0 radical (unpaired) electrons.